The highest BCUT2D eigenvalue weighted by Gasteiger charge is 2.26. The zero-order valence-electron chi connectivity index (χ0n) is 12.5. The Morgan fingerprint density at radius 3 is 2.71 bits per heavy atom. The normalized spacial score (nSPS) is 25.7. The minimum atomic E-state index is 0.523. The summed E-state index contributed by atoms with van der Waals surface area (Å²) in [5.74, 6) is 0.523. The molecule has 2 aliphatic rings. The lowest BCUT2D eigenvalue weighted by Crippen LogP contribution is -2.42. The molecule has 2 heterocycles. The van der Waals surface area contributed by atoms with Gasteiger partial charge in [0.2, 0.25) is 0 Å². The van der Waals surface area contributed by atoms with E-state index in [1.165, 1.54) is 5.56 Å². The lowest BCUT2D eigenvalue weighted by molar-refractivity contribution is 0.0308. The van der Waals surface area contributed by atoms with Crippen molar-refractivity contribution in [1.29, 1.82) is 0 Å². The average Bonchev–Trinajstić information content (AvgIpc) is 2.76. The van der Waals surface area contributed by atoms with Gasteiger partial charge in [0.25, 0.3) is 0 Å². The van der Waals surface area contributed by atoms with Gasteiger partial charge in [-0.25, -0.2) is 0 Å². The molecule has 0 radical (unpaired) electrons. The molecular weight excluding hydrogens is 286 g/mol. The minimum Gasteiger partial charge on any atom is -0.381 e. The van der Waals surface area contributed by atoms with Gasteiger partial charge in [-0.15, -0.1) is 0 Å². The van der Waals surface area contributed by atoms with E-state index in [1.54, 1.807) is 0 Å². The topological polar surface area (TPSA) is 21.7 Å². The second kappa shape index (κ2) is 7.59. The van der Waals surface area contributed by atoms with Crippen LogP contribution in [-0.2, 0) is 15.9 Å². The molecule has 4 heteroatoms. The molecule has 1 aromatic carbocycles. The quantitative estimate of drug-likeness (QED) is 0.857. The molecule has 0 N–H and O–H groups in total. The summed E-state index contributed by atoms with van der Waals surface area (Å²) in [5, 5.41) is 0.874. The van der Waals surface area contributed by atoms with Crippen LogP contribution in [0.1, 0.15) is 18.4 Å². The summed E-state index contributed by atoms with van der Waals surface area (Å²) in [6, 6.07) is 8.82. The Labute approximate surface area is 132 Å². The molecule has 0 spiro atoms. The number of hydrogen-bond donors (Lipinski definition) is 0. The van der Waals surface area contributed by atoms with Gasteiger partial charge in [-0.1, -0.05) is 29.8 Å². The molecule has 2 fully saturated rings. The number of rotatable bonds is 3. The van der Waals surface area contributed by atoms with Crippen LogP contribution in [0.2, 0.25) is 5.02 Å². The van der Waals surface area contributed by atoms with Crippen LogP contribution in [0.15, 0.2) is 24.3 Å². The monoisotopic (exact) mass is 309 g/mol. The average molecular weight is 310 g/mol. The van der Waals surface area contributed by atoms with Crippen molar-refractivity contribution in [3.8, 4) is 0 Å². The number of hydrogen-bond acceptors (Lipinski definition) is 3. The van der Waals surface area contributed by atoms with Gasteiger partial charge in [0.05, 0.1) is 13.2 Å². The van der Waals surface area contributed by atoms with Gasteiger partial charge in [-0.3, -0.25) is 4.90 Å². The summed E-state index contributed by atoms with van der Waals surface area (Å²) in [4.78, 5) is 2.61. The standard InChI is InChI=1S/C17H24ClNO2/c18-17-4-2-1-3-15(17)11-14-12-19(7-10-21-13-14)16-5-8-20-9-6-16/h1-4,14,16H,5-13H2. The van der Waals surface area contributed by atoms with Crippen molar-refractivity contribution >= 4 is 11.6 Å². The Kier molecular flexibility index (Phi) is 5.53. The highest BCUT2D eigenvalue weighted by atomic mass is 35.5. The fourth-order valence-corrected chi connectivity index (χ4v) is 3.60. The number of ether oxygens (including phenoxy) is 2. The smallest absolute Gasteiger partial charge is 0.0593 e. The molecule has 116 valence electrons. The van der Waals surface area contributed by atoms with Crippen LogP contribution in [0.3, 0.4) is 0 Å². The lowest BCUT2D eigenvalue weighted by Gasteiger charge is -2.34. The highest BCUT2D eigenvalue weighted by molar-refractivity contribution is 6.31. The molecule has 1 aromatic rings. The first kappa shape index (κ1) is 15.3. The number of halogens is 1. The maximum atomic E-state index is 6.30. The molecule has 0 saturated carbocycles. The molecule has 0 amide bonds. The van der Waals surface area contributed by atoms with E-state index in [0.717, 1.165) is 63.8 Å². The summed E-state index contributed by atoms with van der Waals surface area (Å²) < 4.78 is 11.3. The van der Waals surface area contributed by atoms with Crippen molar-refractivity contribution < 1.29 is 9.47 Å². The molecule has 0 aromatic heterocycles. The van der Waals surface area contributed by atoms with E-state index < -0.39 is 0 Å². The Morgan fingerprint density at radius 2 is 1.90 bits per heavy atom. The first-order chi connectivity index (χ1) is 10.3. The Bertz CT molecular complexity index is 448. The Hall–Kier alpha value is -0.610. The molecule has 3 rings (SSSR count). The first-order valence-electron chi connectivity index (χ1n) is 7.96. The summed E-state index contributed by atoms with van der Waals surface area (Å²) in [7, 11) is 0. The van der Waals surface area contributed by atoms with E-state index in [0.29, 0.717) is 12.0 Å². The molecule has 0 aliphatic carbocycles. The van der Waals surface area contributed by atoms with E-state index in [-0.39, 0.29) is 0 Å². The number of benzene rings is 1. The van der Waals surface area contributed by atoms with Gasteiger partial charge in [0.15, 0.2) is 0 Å². The van der Waals surface area contributed by atoms with Crippen LogP contribution in [0.25, 0.3) is 0 Å². The van der Waals surface area contributed by atoms with Crippen molar-refractivity contribution in [3.63, 3.8) is 0 Å². The van der Waals surface area contributed by atoms with Crippen LogP contribution in [-0.4, -0.2) is 50.5 Å². The zero-order valence-corrected chi connectivity index (χ0v) is 13.2. The van der Waals surface area contributed by atoms with Crippen LogP contribution in [0.5, 0.6) is 0 Å². The van der Waals surface area contributed by atoms with Crippen molar-refractivity contribution in [3.05, 3.63) is 34.9 Å². The third kappa shape index (κ3) is 4.19. The molecule has 1 unspecified atom stereocenters. The van der Waals surface area contributed by atoms with Crippen molar-refractivity contribution in [1.82, 2.24) is 4.90 Å². The molecular formula is C17H24ClNO2. The summed E-state index contributed by atoms with van der Waals surface area (Å²) in [6.45, 7) is 5.63. The number of nitrogens with zero attached hydrogens (tertiary/aromatic N) is 1. The molecule has 2 saturated heterocycles. The zero-order chi connectivity index (χ0) is 14.5. The predicted octanol–water partition coefficient (Wildman–Crippen LogP) is 3.01. The first-order valence-corrected chi connectivity index (χ1v) is 8.33. The summed E-state index contributed by atoms with van der Waals surface area (Å²) in [5.41, 5.74) is 1.24. The molecule has 2 aliphatic heterocycles. The summed E-state index contributed by atoms with van der Waals surface area (Å²) in [6.07, 6.45) is 3.30. The Balaban J connectivity index is 1.63. The van der Waals surface area contributed by atoms with Gasteiger partial charge in [-0.2, -0.15) is 0 Å². The van der Waals surface area contributed by atoms with E-state index in [2.05, 4.69) is 17.0 Å². The molecule has 3 nitrogen and oxygen atoms in total. The van der Waals surface area contributed by atoms with E-state index in [9.17, 15) is 0 Å². The van der Waals surface area contributed by atoms with Crippen LogP contribution >= 0.6 is 11.6 Å². The van der Waals surface area contributed by atoms with Crippen LogP contribution in [0, 0.1) is 5.92 Å². The van der Waals surface area contributed by atoms with Crippen molar-refractivity contribution in [2.45, 2.75) is 25.3 Å². The third-order valence-corrected chi connectivity index (χ3v) is 4.91. The molecule has 21 heavy (non-hydrogen) atoms. The second-order valence-corrected chi connectivity index (χ2v) is 6.48. The van der Waals surface area contributed by atoms with Gasteiger partial charge in [0, 0.05) is 37.4 Å². The third-order valence-electron chi connectivity index (χ3n) is 4.54. The van der Waals surface area contributed by atoms with Gasteiger partial charge >= 0.3 is 0 Å². The van der Waals surface area contributed by atoms with E-state index >= 15 is 0 Å². The predicted molar refractivity (Wildman–Crippen MR) is 84.9 cm³/mol. The molecule has 1 atom stereocenters. The van der Waals surface area contributed by atoms with E-state index in [4.69, 9.17) is 21.1 Å². The van der Waals surface area contributed by atoms with E-state index in [1.807, 2.05) is 12.1 Å². The second-order valence-electron chi connectivity index (χ2n) is 6.07. The SMILES string of the molecule is Clc1ccccc1CC1COCCN(C2CCOCC2)C1. The van der Waals surface area contributed by atoms with Gasteiger partial charge in [0.1, 0.15) is 0 Å². The Morgan fingerprint density at radius 1 is 1.10 bits per heavy atom. The maximum absolute atomic E-state index is 6.30. The fraction of sp³-hybridized carbons (Fsp3) is 0.647. The van der Waals surface area contributed by atoms with Crippen LogP contribution in [0.4, 0.5) is 0 Å². The summed E-state index contributed by atoms with van der Waals surface area (Å²) >= 11 is 6.30. The largest absolute Gasteiger partial charge is 0.381 e. The van der Waals surface area contributed by atoms with Crippen molar-refractivity contribution in [2.75, 3.05) is 39.5 Å². The minimum absolute atomic E-state index is 0.523. The maximum Gasteiger partial charge on any atom is 0.0593 e. The lowest BCUT2D eigenvalue weighted by atomic mass is 9.98. The molecule has 0 bridgehead atoms. The fourth-order valence-electron chi connectivity index (χ4n) is 3.39. The highest BCUT2D eigenvalue weighted by Crippen LogP contribution is 2.23. The van der Waals surface area contributed by atoms with Gasteiger partial charge in [-0.05, 0) is 36.8 Å². The van der Waals surface area contributed by atoms with Crippen molar-refractivity contribution in [2.24, 2.45) is 5.92 Å². The van der Waals surface area contributed by atoms with Gasteiger partial charge < -0.3 is 9.47 Å². The van der Waals surface area contributed by atoms with Crippen LogP contribution < -0.4 is 0 Å².